The Morgan fingerprint density at radius 1 is 1.03 bits per heavy atom. The molecule has 0 fully saturated rings. The number of nitrogens with one attached hydrogen (secondary N) is 2. The van der Waals surface area contributed by atoms with Crippen molar-refractivity contribution in [3.63, 3.8) is 0 Å². The number of carbonyl (C=O) groups is 1. The Kier molecular flexibility index (Phi) is 7.45. The van der Waals surface area contributed by atoms with Gasteiger partial charge in [-0.05, 0) is 59.3 Å². The van der Waals surface area contributed by atoms with E-state index in [0.29, 0.717) is 17.2 Å². The molecule has 0 aromatic heterocycles. The highest BCUT2D eigenvalue weighted by Gasteiger charge is 2.11. The quantitative estimate of drug-likeness (QED) is 0.351. The van der Waals surface area contributed by atoms with Gasteiger partial charge in [0.1, 0.15) is 0 Å². The molecule has 0 saturated heterocycles. The molecule has 0 bridgehead atoms. The summed E-state index contributed by atoms with van der Waals surface area (Å²) < 4.78 is 11.8. The van der Waals surface area contributed by atoms with Crippen LogP contribution in [0.15, 0.2) is 76.3 Å². The molecule has 3 rings (SSSR count). The van der Waals surface area contributed by atoms with E-state index in [1.165, 1.54) is 5.56 Å². The molecular weight excluding hydrogens is 446 g/mol. The van der Waals surface area contributed by atoms with E-state index in [4.69, 9.17) is 9.47 Å². The van der Waals surface area contributed by atoms with Crippen molar-refractivity contribution in [2.24, 2.45) is 5.10 Å². The van der Waals surface area contributed by atoms with Crippen LogP contribution in [0.4, 0.5) is 11.4 Å². The van der Waals surface area contributed by atoms with Crippen LogP contribution >= 0.6 is 15.9 Å². The SMILES string of the molecule is COc1cc(/C=N/Nc2ccc(C)cc2)c(Br)cc1OCC(=O)Nc1ccccc1. The summed E-state index contributed by atoms with van der Waals surface area (Å²) in [7, 11) is 1.55. The normalized spacial score (nSPS) is 10.6. The lowest BCUT2D eigenvalue weighted by molar-refractivity contribution is -0.118. The minimum atomic E-state index is -0.257. The number of anilines is 2. The van der Waals surface area contributed by atoms with Gasteiger partial charge in [-0.2, -0.15) is 5.10 Å². The fourth-order valence-electron chi connectivity index (χ4n) is 2.59. The van der Waals surface area contributed by atoms with Crippen molar-refractivity contribution in [3.05, 3.63) is 82.3 Å². The monoisotopic (exact) mass is 467 g/mol. The van der Waals surface area contributed by atoms with E-state index in [1.807, 2.05) is 61.5 Å². The molecule has 3 aromatic carbocycles. The third kappa shape index (κ3) is 6.09. The first-order valence-corrected chi connectivity index (χ1v) is 10.1. The topological polar surface area (TPSA) is 71.9 Å². The number of carbonyl (C=O) groups excluding carboxylic acids is 1. The van der Waals surface area contributed by atoms with Gasteiger partial charge in [0.15, 0.2) is 18.1 Å². The van der Waals surface area contributed by atoms with E-state index in [0.717, 1.165) is 15.7 Å². The molecule has 30 heavy (non-hydrogen) atoms. The van der Waals surface area contributed by atoms with Gasteiger partial charge in [-0.1, -0.05) is 35.9 Å². The van der Waals surface area contributed by atoms with Crippen LogP contribution in [0.3, 0.4) is 0 Å². The summed E-state index contributed by atoms with van der Waals surface area (Å²) in [6.07, 6.45) is 1.68. The summed E-state index contributed by atoms with van der Waals surface area (Å²) in [4.78, 5) is 12.1. The number of rotatable bonds is 8. The molecule has 0 unspecified atom stereocenters. The van der Waals surface area contributed by atoms with Crippen LogP contribution in [-0.2, 0) is 4.79 Å². The van der Waals surface area contributed by atoms with Gasteiger partial charge >= 0.3 is 0 Å². The zero-order valence-corrected chi connectivity index (χ0v) is 18.3. The van der Waals surface area contributed by atoms with Crippen LogP contribution in [-0.4, -0.2) is 25.8 Å². The Labute approximate surface area is 184 Å². The number of aryl methyl sites for hydroxylation is 1. The molecule has 0 aliphatic rings. The highest BCUT2D eigenvalue weighted by Crippen LogP contribution is 2.33. The number of methoxy groups -OCH3 is 1. The van der Waals surface area contributed by atoms with Gasteiger partial charge in [-0.3, -0.25) is 10.2 Å². The van der Waals surface area contributed by atoms with Crippen molar-refractivity contribution in [1.82, 2.24) is 0 Å². The van der Waals surface area contributed by atoms with Crippen LogP contribution < -0.4 is 20.2 Å². The minimum Gasteiger partial charge on any atom is -0.493 e. The summed E-state index contributed by atoms with van der Waals surface area (Å²) in [6.45, 7) is 1.89. The van der Waals surface area contributed by atoms with Crippen LogP contribution in [0.1, 0.15) is 11.1 Å². The number of hydrogen-bond acceptors (Lipinski definition) is 5. The number of nitrogens with zero attached hydrogens (tertiary/aromatic N) is 1. The molecule has 1 amide bonds. The van der Waals surface area contributed by atoms with E-state index >= 15 is 0 Å². The Morgan fingerprint density at radius 2 is 1.77 bits per heavy atom. The van der Waals surface area contributed by atoms with Crippen LogP contribution in [0.5, 0.6) is 11.5 Å². The number of para-hydroxylation sites is 1. The Balaban J connectivity index is 1.63. The van der Waals surface area contributed by atoms with Crippen LogP contribution in [0.25, 0.3) is 0 Å². The van der Waals surface area contributed by atoms with Gasteiger partial charge < -0.3 is 14.8 Å². The number of hydrogen-bond donors (Lipinski definition) is 2. The van der Waals surface area contributed by atoms with Crippen LogP contribution in [0.2, 0.25) is 0 Å². The van der Waals surface area contributed by atoms with Crippen molar-refractivity contribution in [3.8, 4) is 11.5 Å². The van der Waals surface area contributed by atoms with Gasteiger partial charge in [0.25, 0.3) is 5.91 Å². The minimum absolute atomic E-state index is 0.139. The summed E-state index contributed by atoms with van der Waals surface area (Å²) in [6, 6.07) is 20.7. The highest BCUT2D eigenvalue weighted by molar-refractivity contribution is 9.10. The maximum Gasteiger partial charge on any atom is 0.262 e. The second kappa shape index (κ2) is 10.5. The maximum atomic E-state index is 12.1. The number of amides is 1. The molecule has 7 heteroatoms. The van der Waals surface area contributed by atoms with Crippen molar-refractivity contribution in [2.45, 2.75) is 6.92 Å². The molecule has 0 heterocycles. The molecule has 0 atom stereocenters. The smallest absolute Gasteiger partial charge is 0.262 e. The van der Waals surface area contributed by atoms with Gasteiger partial charge in [0.05, 0.1) is 19.0 Å². The highest BCUT2D eigenvalue weighted by atomic mass is 79.9. The molecule has 6 nitrogen and oxygen atoms in total. The lowest BCUT2D eigenvalue weighted by Gasteiger charge is -2.13. The second-order valence-corrected chi connectivity index (χ2v) is 7.32. The Hall–Kier alpha value is -3.32. The molecule has 3 aromatic rings. The Bertz CT molecular complexity index is 1020. The number of benzene rings is 3. The standard InChI is InChI=1S/C23H22BrN3O3/c1-16-8-10-19(11-9-16)27-25-14-17-12-21(29-2)22(13-20(17)24)30-15-23(28)26-18-6-4-3-5-7-18/h3-14,27H,15H2,1-2H3,(H,26,28)/b25-14+. The molecule has 0 spiro atoms. The number of hydrazone groups is 1. The zero-order chi connectivity index (χ0) is 21.3. The van der Waals surface area contributed by atoms with Crippen LogP contribution in [0, 0.1) is 6.92 Å². The summed E-state index contributed by atoms with van der Waals surface area (Å²) in [5, 5.41) is 7.04. The van der Waals surface area contributed by atoms with E-state index in [1.54, 1.807) is 25.5 Å². The predicted molar refractivity (Wildman–Crippen MR) is 124 cm³/mol. The molecule has 0 radical (unpaired) electrons. The van der Waals surface area contributed by atoms with E-state index in [9.17, 15) is 4.79 Å². The van der Waals surface area contributed by atoms with Crippen molar-refractivity contribution >= 4 is 39.4 Å². The lowest BCUT2D eigenvalue weighted by Crippen LogP contribution is -2.20. The third-order valence-corrected chi connectivity index (χ3v) is 4.83. The fraction of sp³-hybridized carbons (Fsp3) is 0.130. The first-order valence-electron chi connectivity index (χ1n) is 9.26. The average molecular weight is 468 g/mol. The van der Waals surface area contributed by atoms with Gasteiger partial charge in [-0.25, -0.2) is 0 Å². The number of ether oxygens (including phenoxy) is 2. The average Bonchev–Trinajstić information content (AvgIpc) is 2.75. The van der Waals surface area contributed by atoms with Crippen molar-refractivity contribution in [2.75, 3.05) is 24.5 Å². The molecule has 0 aliphatic carbocycles. The molecular formula is C23H22BrN3O3. The van der Waals surface area contributed by atoms with E-state index < -0.39 is 0 Å². The first kappa shape index (κ1) is 21.4. The first-order chi connectivity index (χ1) is 14.5. The van der Waals surface area contributed by atoms with Crippen molar-refractivity contribution in [1.29, 1.82) is 0 Å². The molecule has 154 valence electrons. The Morgan fingerprint density at radius 3 is 2.47 bits per heavy atom. The molecule has 2 N–H and O–H groups in total. The lowest BCUT2D eigenvalue weighted by atomic mass is 10.2. The van der Waals surface area contributed by atoms with Gasteiger partial charge in [0, 0.05) is 15.7 Å². The van der Waals surface area contributed by atoms with Gasteiger partial charge in [-0.15, -0.1) is 0 Å². The second-order valence-electron chi connectivity index (χ2n) is 6.46. The predicted octanol–water partition coefficient (Wildman–Crippen LogP) is 5.23. The number of halogens is 1. The van der Waals surface area contributed by atoms with Gasteiger partial charge in [0.2, 0.25) is 0 Å². The maximum absolute atomic E-state index is 12.1. The van der Waals surface area contributed by atoms with E-state index in [2.05, 4.69) is 31.8 Å². The van der Waals surface area contributed by atoms with E-state index in [-0.39, 0.29) is 12.5 Å². The summed E-state index contributed by atoms with van der Waals surface area (Å²) in [5.41, 5.74) is 6.58. The van der Waals surface area contributed by atoms with Crippen molar-refractivity contribution < 1.29 is 14.3 Å². The molecule has 0 aliphatic heterocycles. The fourth-order valence-corrected chi connectivity index (χ4v) is 3.01. The summed E-state index contributed by atoms with van der Waals surface area (Å²) >= 11 is 3.51. The zero-order valence-electron chi connectivity index (χ0n) is 16.7. The third-order valence-electron chi connectivity index (χ3n) is 4.15. The summed E-state index contributed by atoms with van der Waals surface area (Å²) in [5.74, 6) is 0.700. The molecule has 0 saturated carbocycles. The largest absolute Gasteiger partial charge is 0.493 e.